The molecule has 0 amide bonds. The lowest BCUT2D eigenvalue weighted by atomic mass is 10.1. The van der Waals surface area contributed by atoms with Gasteiger partial charge >= 0.3 is 0 Å². The third-order valence-corrected chi connectivity index (χ3v) is 2.16. The van der Waals surface area contributed by atoms with E-state index in [2.05, 4.69) is 43.8 Å². The second kappa shape index (κ2) is 7.73. The lowest BCUT2D eigenvalue weighted by molar-refractivity contribution is 0.294. The third-order valence-electron chi connectivity index (χ3n) is 2.16. The lowest BCUT2D eigenvalue weighted by Crippen LogP contribution is -2.38. The number of hydrogen-bond donors (Lipinski definition) is 1. The van der Waals surface area contributed by atoms with Crippen molar-refractivity contribution in [1.82, 2.24) is 10.2 Å². The monoisotopic (exact) mass is 210 g/mol. The molecule has 2 heteroatoms. The fraction of sp³-hybridized carbons (Fsp3) is 0.846. The summed E-state index contributed by atoms with van der Waals surface area (Å²) in [4.78, 5) is 2.34. The van der Waals surface area contributed by atoms with Crippen LogP contribution in [-0.2, 0) is 0 Å². The van der Waals surface area contributed by atoms with Gasteiger partial charge in [-0.05, 0) is 46.7 Å². The molecule has 0 saturated heterocycles. The van der Waals surface area contributed by atoms with Crippen LogP contribution in [0, 0.1) is 12.3 Å². The van der Waals surface area contributed by atoms with Crippen LogP contribution in [0.4, 0.5) is 0 Å². The van der Waals surface area contributed by atoms with Gasteiger partial charge in [-0.15, -0.1) is 6.42 Å². The number of nitrogens with one attached hydrogen (secondary N) is 1. The standard InChI is InChI=1S/C13H26N2/c1-6-10-15(11-7-2)12-8-9-14-13(3,4)5/h1,14H,7-12H2,2-5H3. The number of nitrogens with zero attached hydrogens (tertiary/aromatic N) is 1. The molecule has 0 radical (unpaired) electrons. The fourth-order valence-corrected chi connectivity index (χ4v) is 1.48. The molecule has 88 valence electrons. The first-order valence-electron chi connectivity index (χ1n) is 5.90. The van der Waals surface area contributed by atoms with Gasteiger partial charge in [-0.1, -0.05) is 12.8 Å². The molecule has 0 fully saturated rings. The van der Waals surface area contributed by atoms with Crippen molar-refractivity contribution < 1.29 is 0 Å². The van der Waals surface area contributed by atoms with Crippen molar-refractivity contribution in [2.75, 3.05) is 26.2 Å². The van der Waals surface area contributed by atoms with Crippen LogP contribution in [0.2, 0.25) is 0 Å². The zero-order chi connectivity index (χ0) is 11.7. The Balaban J connectivity index is 3.58. The average molecular weight is 210 g/mol. The van der Waals surface area contributed by atoms with Gasteiger partial charge in [0.25, 0.3) is 0 Å². The Morgan fingerprint density at radius 3 is 2.40 bits per heavy atom. The highest BCUT2D eigenvalue weighted by atomic mass is 15.1. The second-order valence-electron chi connectivity index (χ2n) is 5.01. The second-order valence-corrected chi connectivity index (χ2v) is 5.01. The van der Waals surface area contributed by atoms with Crippen LogP contribution >= 0.6 is 0 Å². The Kier molecular flexibility index (Phi) is 7.46. The van der Waals surface area contributed by atoms with Crippen LogP contribution in [0.25, 0.3) is 0 Å². The summed E-state index contributed by atoms with van der Waals surface area (Å²) in [6, 6.07) is 0. The van der Waals surface area contributed by atoms with E-state index < -0.39 is 0 Å². The molecule has 0 aromatic rings. The zero-order valence-corrected chi connectivity index (χ0v) is 10.8. The predicted octanol–water partition coefficient (Wildman–Crippen LogP) is 2.11. The predicted molar refractivity (Wildman–Crippen MR) is 67.9 cm³/mol. The minimum absolute atomic E-state index is 0.224. The first-order valence-corrected chi connectivity index (χ1v) is 5.90. The molecular weight excluding hydrogens is 184 g/mol. The van der Waals surface area contributed by atoms with E-state index in [4.69, 9.17) is 6.42 Å². The SMILES string of the molecule is C#CCN(CCC)CCCNC(C)(C)C. The van der Waals surface area contributed by atoms with Crippen LogP contribution in [-0.4, -0.2) is 36.6 Å². The van der Waals surface area contributed by atoms with Gasteiger partial charge in [-0.25, -0.2) is 0 Å². The third kappa shape index (κ3) is 9.78. The molecule has 0 saturated carbocycles. The summed E-state index contributed by atoms with van der Waals surface area (Å²) in [6.07, 6.45) is 7.67. The highest BCUT2D eigenvalue weighted by Crippen LogP contribution is 1.99. The maximum atomic E-state index is 5.33. The molecule has 15 heavy (non-hydrogen) atoms. The van der Waals surface area contributed by atoms with Gasteiger partial charge in [0.1, 0.15) is 0 Å². The number of terminal acetylenes is 1. The van der Waals surface area contributed by atoms with E-state index in [9.17, 15) is 0 Å². The van der Waals surface area contributed by atoms with E-state index >= 15 is 0 Å². The van der Waals surface area contributed by atoms with Gasteiger partial charge in [-0.3, -0.25) is 4.90 Å². The van der Waals surface area contributed by atoms with Gasteiger partial charge in [0.05, 0.1) is 6.54 Å². The summed E-state index contributed by atoms with van der Waals surface area (Å²) in [6.45, 7) is 12.8. The molecule has 2 nitrogen and oxygen atoms in total. The molecule has 0 bridgehead atoms. The molecule has 0 aliphatic rings. The van der Waals surface area contributed by atoms with E-state index in [0.29, 0.717) is 0 Å². The maximum Gasteiger partial charge on any atom is 0.0598 e. The van der Waals surface area contributed by atoms with Gasteiger partial charge < -0.3 is 5.32 Å². The van der Waals surface area contributed by atoms with Gasteiger partial charge in [0.2, 0.25) is 0 Å². The maximum absolute atomic E-state index is 5.33. The van der Waals surface area contributed by atoms with Crippen LogP contribution in [0.5, 0.6) is 0 Å². The van der Waals surface area contributed by atoms with E-state index in [1.165, 1.54) is 12.8 Å². The molecule has 0 aliphatic heterocycles. The molecule has 0 atom stereocenters. The Bertz CT molecular complexity index is 186. The Hall–Kier alpha value is -0.520. The fourth-order valence-electron chi connectivity index (χ4n) is 1.48. The van der Waals surface area contributed by atoms with Crippen molar-refractivity contribution in [2.24, 2.45) is 0 Å². The Morgan fingerprint density at radius 1 is 1.27 bits per heavy atom. The molecule has 0 unspecified atom stereocenters. The molecule has 0 rings (SSSR count). The van der Waals surface area contributed by atoms with Crippen molar-refractivity contribution in [2.45, 2.75) is 46.1 Å². The van der Waals surface area contributed by atoms with Crippen molar-refractivity contribution in [3.63, 3.8) is 0 Å². The number of rotatable bonds is 7. The van der Waals surface area contributed by atoms with Gasteiger partial charge in [0.15, 0.2) is 0 Å². The van der Waals surface area contributed by atoms with E-state index in [-0.39, 0.29) is 5.54 Å². The molecule has 0 heterocycles. The van der Waals surface area contributed by atoms with E-state index in [0.717, 1.165) is 26.2 Å². The summed E-state index contributed by atoms with van der Waals surface area (Å²) in [5.74, 6) is 2.72. The Morgan fingerprint density at radius 2 is 1.93 bits per heavy atom. The molecule has 1 N–H and O–H groups in total. The largest absolute Gasteiger partial charge is 0.312 e. The van der Waals surface area contributed by atoms with E-state index in [1.54, 1.807) is 0 Å². The summed E-state index contributed by atoms with van der Waals surface area (Å²) in [7, 11) is 0. The number of hydrogen-bond acceptors (Lipinski definition) is 2. The van der Waals surface area contributed by atoms with Gasteiger partial charge in [0, 0.05) is 12.1 Å². The quantitative estimate of drug-likeness (QED) is 0.511. The smallest absolute Gasteiger partial charge is 0.0598 e. The molecule has 0 aliphatic carbocycles. The van der Waals surface area contributed by atoms with Crippen LogP contribution in [0.3, 0.4) is 0 Å². The lowest BCUT2D eigenvalue weighted by Gasteiger charge is -2.23. The van der Waals surface area contributed by atoms with E-state index in [1.807, 2.05) is 0 Å². The topological polar surface area (TPSA) is 15.3 Å². The van der Waals surface area contributed by atoms with Crippen molar-refractivity contribution >= 4 is 0 Å². The van der Waals surface area contributed by atoms with Crippen LogP contribution < -0.4 is 5.32 Å². The van der Waals surface area contributed by atoms with Crippen molar-refractivity contribution in [3.05, 3.63) is 0 Å². The molecular formula is C13H26N2. The van der Waals surface area contributed by atoms with Crippen LogP contribution in [0.15, 0.2) is 0 Å². The minimum atomic E-state index is 0.224. The summed E-state index contributed by atoms with van der Waals surface area (Å²) in [5, 5.41) is 3.48. The Labute approximate surface area is 95.4 Å². The zero-order valence-electron chi connectivity index (χ0n) is 10.8. The summed E-state index contributed by atoms with van der Waals surface area (Å²) in [5.41, 5.74) is 0.224. The average Bonchev–Trinajstić information content (AvgIpc) is 2.11. The molecule has 0 spiro atoms. The van der Waals surface area contributed by atoms with Gasteiger partial charge in [-0.2, -0.15) is 0 Å². The highest BCUT2D eigenvalue weighted by Gasteiger charge is 2.08. The minimum Gasteiger partial charge on any atom is -0.312 e. The highest BCUT2D eigenvalue weighted by molar-refractivity contribution is 4.88. The molecule has 0 aromatic heterocycles. The first-order chi connectivity index (χ1) is 6.99. The normalized spacial score (nSPS) is 11.7. The van der Waals surface area contributed by atoms with Crippen molar-refractivity contribution in [3.8, 4) is 12.3 Å². The first kappa shape index (κ1) is 14.5. The molecule has 0 aromatic carbocycles. The van der Waals surface area contributed by atoms with Crippen molar-refractivity contribution in [1.29, 1.82) is 0 Å². The summed E-state index contributed by atoms with van der Waals surface area (Å²) >= 11 is 0. The van der Waals surface area contributed by atoms with Crippen LogP contribution in [0.1, 0.15) is 40.5 Å². The summed E-state index contributed by atoms with van der Waals surface area (Å²) < 4.78 is 0.